The Bertz CT molecular complexity index is 1340. The van der Waals surface area contributed by atoms with Crippen molar-refractivity contribution in [2.45, 2.75) is 19.9 Å². The number of anilines is 2. The summed E-state index contributed by atoms with van der Waals surface area (Å²) in [7, 11) is 0. The van der Waals surface area contributed by atoms with Gasteiger partial charge < -0.3 is 30.7 Å². The van der Waals surface area contributed by atoms with Crippen LogP contribution in [-0.2, 0) is 4.74 Å². The number of H-pyrrole nitrogens is 2. The van der Waals surface area contributed by atoms with Gasteiger partial charge in [0.05, 0.1) is 35.6 Å². The van der Waals surface area contributed by atoms with Crippen molar-refractivity contribution in [3.05, 3.63) is 52.8 Å². The van der Waals surface area contributed by atoms with E-state index in [9.17, 15) is 4.79 Å². The standard InChI is InChI=1S/C25H30N6O2/c1-15(2)17(26)14-27-22-16-6-3-4-7-18(16)29-25(32)21(22)24-28-19-8-5-9-20(23(19)30-24)31-10-12-33-13-11-31/h3-9,15,17H,10-14,26H2,1-2H3,(H,28,30)(H2,27,29,32). The Kier molecular flexibility index (Phi) is 5.78. The first-order valence-electron chi connectivity index (χ1n) is 11.5. The number of nitrogens with one attached hydrogen (secondary N) is 3. The largest absolute Gasteiger partial charge is 0.382 e. The lowest BCUT2D eigenvalue weighted by atomic mass is 10.0. The minimum atomic E-state index is -0.193. The van der Waals surface area contributed by atoms with Crippen LogP contribution in [0.4, 0.5) is 11.4 Å². The van der Waals surface area contributed by atoms with E-state index < -0.39 is 0 Å². The van der Waals surface area contributed by atoms with Crippen LogP contribution in [0.5, 0.6) is 0 Å². The second-order valence-electron chi connectivity index (χ2n) is 8.90. The molecule has 3 heterocycles. The molecule has 1 saturated heterocycles. The highest BCUT2D eigenvalue weighted by Crippen LogP contribution is 2.33. The number of hydrogen-bond acceptors (Lipinski definition) is 6. The number of aromatic amines is 2. The van der Waals surface area contributed by atoms with Crippen molar-refractivity contribution in [2.75, 3.05) is 43.1 Å². The predicted molar refractivity (Wildman–Crippen MR) is 134 cm³/mol. The molecular formula is C25H30N6O2. The minimum Gasteiger partial charge on any atom is -0.382 e. The average molecular weight is 447 g/mol. The first kappa shape index (κ1) is 21.5. The number of ether oxygens (including phenoxy) is 1. The summed E-state index contributed by atoms with van der Waals surface area (Å²) < 4.78 is 5.51. The number of aromatic nitrogens is 3. The second kappa shape index (κ2) is 8.88. The van der Waals surface area contributed by atoms with Crippen LogP contribution in [-0.4, -0.2) is 53.8 Å². The van der Waals surface area contributed by atoms with Gasteiger partial charge in [0.15, 0.2) is 0 Å². The molecule has 0 saturated carbocycles. The molecule has 5 N–H and O–H groups in total. The van der Waals surface area contributed by atoms with Crippen molar-refractivity contribution in [2.24, 2.45) is 11.7 Å². The number of imidazole rings is 1. The van der Waals surface area contributed by atoms with Crippen LogP contribution >= 0.6 is 0 Å². The number of fused-ring (bicyclic) bond motifs is 2. The molecule has 1 fully saturated rings. The first-order chi connectivity index (χ1) is 16.0. The molecule has 5 rings (SSSR count). The summed E-state index contributed by atoms with van der Waals surface area (Å²) in [5, 5.41) is 4.39. The van der Waals surface area contributed by atoms with Crippen LogP contribution in [0.15, 0.2) is 47.3 Å². The number of para-hydroxylation sites is 2. The highest BCUT2D eigenvalue weighted by atomic mass is 16.5. The Morgan fingerprint density at radius 2 is 1.85 bits per heavy atom. The zero-order valence-corrected chi connectivity index (χ0v) is 19.0. The van der Waals surface area contributed by atoms with E-state index in [0.717, 1.165) is 46.4 Å². The van der Waals surface area contributed by atoms with Gasteiger partial charge in [-0.05, 0) is 24.1 Å². The van der Waals surface area contributed by atoms with Gasteiger partial charge in [0, 0.05) is 31.1 Å². The molecule has 0 spiro atoms. The number of hydrogen-bond donors (Lipinski definition) is 4. The Hall–Kier alpha value is -3.36. The summed E-state index contributed by atoms with van der Waals surface area (Å²) in [4.78, 5) is 26.9. The topological polar surface area (TPSA) is 112 Å². The molecule has 0 bridgehead atoms. The highest BCUT2D eigenvalue weighted by Gasteiger charge is 2.21. The van der Waals surface area contributed by atoms with Gasteiger partial charge in [-0.3, -0.25) is 4.79 Å². The Morgan fingerprint density at radius 1 is 1.09 bits per heavy atom. The fourth-order valence-corrected chi connectivity index (χ4v) is 4.30. The van der Waals surface area contributed by atoms with Crippen LogP contribution < -0.4 is 21.5 Å². The summed E-state index contributed by atoms with van der Waals surface area (Å²) >= 11 is 0. The summed E-state index contributed by atoms with van der Waals surface area (Å²) in [6.45, 7) is 7.77. The zero-order valence-electron chi connectivity index (χ0n) is 19.0. The van der Waals surface area contributed by atoms with Gasteiger partial charge >= 0.3 is 0 Å². The van der Waals surface area contributed by atoms with E-state index in [4.69, 9.17) is 15.5 Å². The third kappa shape index (κ3) is 4.07. The summed E-state index contributed by atoms with van der Waals surface area (Å²) in [6, 6.07) is 13.8. The van der Waals surface area contributed by atoms with Crippen LogP contribution in [0.1, 0.15) is 13.8 Å². The molecule has 2 aromatic heterocycles. The minimum absolute atomic E-state index is 0.0421. The van der Waals surface area contributed by atoms with E-state index in [1.807, 2.05) is 36.4 Å². The Labute approximate surface area is 192 Å². The van der Waals surface area contributed by atoms with Gasteiger partial charge in [0.1, 0.15) is 16.9 Å². The van der Waals surface area contributed by atoms with Crippen molar-refractivity contribution in [3.63, 3.8) is 0 Å². The summed E-state index contributed by atoms with van der Waals surface area (Å²) in [5.41, 5.74) is 10.9. The van der Waals surface area contributed by atoms with Crippen molar-refractivity contribution < 1.29 is 4.74 Å². The van der Waals surface area contributed by atoms with E-state index in [1.54, 1.807) is 0 Å². The van der Waals surface area contributed by atoms with Crippen molar-refractivity contribution >= 4 is 33.3 Å². The molecule has 0 radical (unpaired) electrons. The lowest BCUT2D eigenvalue weighted by molar-refractivity contribution is 0.123. The molecule has 0 amide bonds. The van der Waals surface area contributed by atoms with Crippen LogP contribution in [0.3, 0.4) is 0 Å². The molecule has 1 aliphatic rings. The van der Waals surface area contributed by atoms with E-state index in [-0.39, 0.29) is 11.6 Å². The predicted octanol–water partition coefficient (Wildman–Crippen LogP) is 3.30. The molecule has 33 heavy (non-hydrogen) atoms. The van der Waals surface area contributed by atoms with Gasteiger partial charge in [0.25, 0.3) is 5.56 Å². The summed E-state index contributed by atoms with van der Waals surface area (Å²) in [6.07, 6.45) is 0. The molecule has 4 aromatic rings. The Balaban J connectivity index is 1.65. The fraction of sp³-hybridized carbons (Fsp3) is 0.360. The molecular weight excluding hydrogens is 416 g/mol. The van der Waals surface area contributed by atoms with Crippen LogP contribution in [0.2, 0.25) is 0 Å². The van der Waals surface area contributed by atoms with Crippen molar-refractivity contribution in [1.29, 1.82) is 0 Å². The quantitative estimate of drug-likeness (QED) is 0.362. The molecule has 2 aromatic carbocycles. The number of benzene rings is 2. The smallest absolute Gasteiger partial charge is 0.261 e. The number of pyridine rings is 1. The van der Waals surface area contributed by atoms with E-state index >= 15 is 0 Å². The maximum absolute atomic E-state index is 13.3. The summed E-state index contributed by atoms with van der Waals surface area (Å²) in [5.74, 6) is 0.856. The third-order valence-corrected chi connectivity index (χ3v) is 6.37. The lowest BCUT2D eigenvalue weighted by Crippen LogP contribution is -2.36. The van der Waals surface area contributed by atoms with Gasteiger partial charge in [0.2, 0.25) is 0 Å². The highest BCUT2D eigenvalue weighted by molar-refractivity contribution is 6.00. The van der Waals surface area contributed by atoms with E-state index in [2.05, 4.69) is 40.1 Å². The maximum atomic E-state index is 13.3. The zero-order chi connectivity index (χ0) is 22.9. The molecule has 0 aliphatic carbocycles. The Morgan fingerprint density at radius 3 is 2.64 bits per heavy atom. The first-order valence-corrected chi connectivity index (χ1v) is 11.5. The van der Waals surface area contributed by atoms with E-state index in [1.165, 1.54) is 0 Å². The van der Waals surface area contributed by atoms with Crippen molar-refractivity contribution in [3.8, 4) is 11.4 Å². The van der Waals surface area contributed by atoms with Gasteiger partial charge in [-0.1, -0.05) is 38.1 Å². The van der Waals surface area contributed by atoms with Gasteiger partial charge in [-0.2, -0.15) is 0 Å². The van der Waals surface area contributed by atoms with Gasteiger partial charge in [-0.15, -0.1) is 0 Å². The third-order valence-electron chi connectivity index (χ3n) is 6.37. The lowest BCUT2D eigenvalue weighted by Gasteiger charge is -2.28. The molecule has 1 aliphatic heterocycles. The molecule has 8 heteroatoms. The number of rotatable bonds is 6. The second-order valence-corrected chi connectivity index (χ2v) is 8.90. The molecule has 172 valence electrons. The SMILES string of the molecule is CC(C)C(N)CNc1c(-c2nc3c(N4CCOCC4)cccc3[nH]2)c(=O)[nH]c2ccccc12. The average Bonchev–Trinajstić information content (AvgIpc) is 3.26. The van der Waals surface area contributed by atoms with Crippen molar-refractivity contribution in [1.82, 2.24) is 15.0 Å². The molecule has 8 nitrogen and oxygen atoms in total. The van der Waals surface area contributed by atoms with Crippen LogP contribution in [0.25, 0.3) is 33.3 Å². The van der Waals surface area contributed by atoms with Gasteiger partial charge in [-0.25, -0.2) is 4.98 Å². The number of nitrogens with two attached hydrogens (primary N) is 1. The number of nitrogens with zero attached hydrogens (tertiary/aromatic N) is 2. The van der Waals surface area contributed by atoms with Crippen LogP contribution in [0, 0.1) is 5.92 Å². The molecule has 1 unspecified atom stereocenters. The number of morpholine rings is 1. The fourth-order valence-electron chi connectivity index (χ4n) is 4.30. The maximum Gasteiger partial charge on any atom is 0.261 e. The normalized spacial score (nSPS) is 15.5. The van der Waals surface area contributed by atoms with E-state index in [0.29, 0.717) is 37.1 Å². The monoisotopic (exact) mass is 446 g/mol. The molecule has 1 atom stereocenters.